The van der Waals surface area contributed by atoms with Crippen LogP contribution in [0.2, 0.25) is 0 Å². The number of aromatic nitrogens is 1. The van der Waals surface area contributed by atoms with Gasteiger partial charge >= 0.3 is 0 Å². The lowest BCUT2D eigenvalue weighted by Gasteiger charge is -2.20. The number of methoxy groups -OCH3 is 1. The van der Waals surface area contributed by atoms with Gasteiger partial charge in [0.1, 0.15) is 0 Å². The summed E-state index contributed by atoms with van der Waals surface area (Å²) in [5.74, 6) is 0. The largest absolute Gasteiger partial charge is 0.382 e. The van der Waals surface area contributed by atoms with E-state index in [9.17, 15) is 0 Å². The zero-order valence-corrected chi connectivity index (χ0v) is 12.3. The Morgan fingerprint density at radius 3 is 2.84 bits per heavy atom. The summed E-state index contributed by atoms with van der Waals surface area (Å²) in [7, 11) is 1.69. The second kappa shape index (κ2) is 9.89. The SMILES string of the molecule is CCCNC(CCOCCOC)c1cnccc1C. The lowest BCUT2D eigenvalue weighted by Crippen LogP contribution is -2.24. The first-order chi connectivity index (χ1) is 9.29. The monoisotopic (exact) mass is 266 g/mol. The van der Waals surface area contributed by atoms with Gasteiger partial charge in [-0.15, -0.1) is 0 Å². The average molecular weight is 266 g/mol. The molecule has 0 amide bonds. The molecule has 19 heavy (non-hydrogen) atoms. The molecule has 0 saturated heterocycles. The number of pyridine rings is 1. The molecule has 4 heteroatoms. The molecule has 0 fully saturated rings. The van der Waals surface area contributed by atoms with Crippen molar-refractivity contribution >= 4 is 0 Å². The number of nitrogens with zero attached hydrogens (tertiary/aromatic N) is 1. The van der Waals surface area contributed by atoms with E-state index in [0.717, 1.165) is 26.0 Å². The van der Waals surface area contributed by atoms with Gasteiger partial charge in [0.2, 0.25) is 0 Å². The van der Waals surface area contributed by atoms with Gasteiger partial charge in [-0.05, 0) is 43.5 Å². The molecule has 1 unspecified atom stereocenters. The molecule has 1 atom stereocenters. The highest BCUT2D eigenvalue weighted by Crippen LogP contribution is 2.19. The van der Waals surface area contributed by atoms with Crippen LogP contribution in [0.15, 0.2) is 18.5 Å². The average Bonchev–Trinajstić information content (AvgIpc) is 2.43. The summed E-state index contributed by atoms with van der Waals surface area (Å²) >= 11 is 0. The van der Waals surface area contributed by atoms with Crippen molar-refractivity contribution in [3.8, 4) is 0 Å². The van der Waals surface area contributed by atoms with Crippen LogP contribution in [-0.2, 0) is 9.47 Å². The van der Waals surface area contributed by atoms with E-state index >= 15 is 0 Å². The molecule has 0 radical (unpaired) electrons. The number of rotatable bonds is 10. The lowest BCUT2D eigenvalue weighted by molar-refractivity contribution is 0.0657. The zero-order valence-electron chi connectivity index (χ0n) is 12.3. The van der Waals surface area contributed by atoms with Gasteiger partial charge in [-0.3, -0.25) is 4.98 Å². The van der Waals surface area contributed by atoms with Gasteiger partial charge in [-0.1, -0.05) is 6.92 Å². The Balaban J connectivity index is 2.49. The molecule has 1 N–H and O–H groups in total. The van der Waals surface area contributed by atoms with Crippen LogP contribution in [0.3, 0.4) is 0 Å². The number of hydrogen-bond acceptors (Lipinski definition) is 4. The molecule has 0 aliphatic rings. The Morgan fingerprint density at radius 1 is 1.32 bits per heavy atom. The molecule has 1 rings (SSSR count). The molecule has 0 bridgehead atoms. The molecule has 1 aromatic heterocycles. The van der Waals surface area contributed by atoms with Gasteiger partial charge in [0.25, 0.3) is 0 Å². The van der Waals surface area contributed by atoms with Crippen LogP contribution < -0.4 is 5.32 Å². The van der Waals surface area contributed by atoms with E-state index < -0.39 is 0 Å². The van der Waals surface area contributed by atoms with Gasteiger partial charge in [0.05, 0.1) is 13.2 Å². The van der Waals surface area contributed by atoms with Crippen molar-refractivity contribution in [2.45, 2.75) is 32.7 Å². The van der Waals surface area contributed by atoms with Crippen molar-refractivity contribution in [3.63, 3.8) is 0 Å². The predicted molar refractivity (Wildman–Crippen MR) is 77.3 cm³/mol. The van der Waals surface area contributed by atoms with E-state index in [-0.39, 0.29) is 0 Å². The van der Waals surface area contributed by atoms with Crippen LogP contribution >= 0.6 is 0 Å². The summed E-state index contributed by atoms with van der Waals surface area (Å²) in [6.45, 7) is 7.36. The fourth-order valence-electron chi connectivity index (χ4n) is 1.97. The number of hydrogen-bond donors (Lipinski definition) is 1. The van der Waals surface area contributed by atoms with Crippen molar-refractivity contribution in [2.75, 3.05) is 33.5 Å². The topological polar surface area (TPSA) is 43.4 Å². The number of nitrogens with one attached hydrogen (secondary N) is 1. The Morgan fingerprint density at radius 2 is 2.16 bits per heavy atom. The van der Waals surface area contributed by atoms with Crippen molar-refractivity contribution in [2.24, 2.45) is 0 Å². The quantitative estimate of drug-likeness (QED) is 0.661. The Labute approximate surface area is 116 Å². The minimum absolute atomic E-state index is 0.316. The Kier molecular flexibility index (Phi) is 8.38. The third-order valence-corrected chi connectivity index (χ3v) is 3.08. The third kappa shape index (κ3) is 6.14. The minimum atomic E-state index is 0.316. The van der Waals surface area contributed by atoms with Crippen molar-refractivity contribution in [1.29, 1.82) is 0 Å². The fourth-order valence-corrected chi connectivity index (χ4v) is 1.97. The first kappa shape index (κ1) is 16.1. The van der Waals surface area contributed by atoms with Gasteiger partial charge in [-0.2, -0.15) is 0 Å². The Bertz CT molecular complexity index is 345. The van der Waals surface area contributed by atoms with E-state index in [0.29, 0.717) is 19.3 Å². The summed E-state index contributed by atoms with van der Waals surface area (Å²) in [5.41, 5.74) is 2.55. The molecule has 0 aliphatic carbocycles. The first-order valence-electron chi connectivity index (χ1n) is 7.00. The maximum Gasteiger partial charge on any atom is 0.0700 e. The molecule has 0 saturated carbocycles. The van der Waals surface area contributed by atoms with Gasteiger partial charge in [0, 0.05) is 32.2 Å². The van der Waals surface area contributed by atoms with Crippen molar-refractivity contribution in [1.82, 2.24) is 10.3 Å². The Hall–Kier alpha value is -0.970. The lowest BCUT2D eigenvalue weighted by atomic mass is 10.0. The minimum Gasteiger partial charge on any atom is -0.382 e. The van der Waals surface area contributed by atoms with Crippen molar-refractivity contribution in [3.05, 3.63) is 29.6 Å². The summed E-state index contributed by atoms with van der Waals surface area (Å²) in [4.78, 5) is 4.23. The molecule has 1 aromatic rings. The van der Waals surface area contributed by atoms with Gasteiger partial charge in [0.15, 0.2) is 0 Å². The maximum atomic E-state index is 5.56. The molecule has 0 spiro atoms. The van der Waals surface area contributed by atoms with Crippen LogP contribution in [0.25, 0.3) is 0 Å². The van der Waals surface area contributed by atoms with Crippen LogP contribution in [0.5, 0.6) is 0 Å². The standard InChI is InChI=1S/C15H26N2O2/c1-4-7-17-15(6-9-19-11-10-18-3)14-12-16-8-5-13(14)2/h5,8,12,15,17H,4,6-7,9-11H2,1-3H3. The smallest absolute Gasteiger partial charge is 0.0700 e. The second-order valence-corrected chi connectivity index (χ2v) is 4.63. The fraction of sp³-hybridized carbons (Fsp3) is 0.667. The molecule has 0 aromatic carbocycles. The van der Waals surface area contributed by atoms with Crippen LogP contribution in [0, 0.1) is 6.92 Å². The van der Waals surface area contributed by atoms with Gasteiger partial charge < -0.3 is 14.8 Å². The van der Waals surface area contributed by atoms with Crippen LogP contribution in [0.4, 0.5) is 0 Å². The first-order valence-corrected chi connectivity index (χ1v) is 7.00. The molecule has 0 aliphatic heterocycles. The molecule has 108 valence electrons. The van der Waals surface area contributed by atoms with E-state index in [1.807, 2.05) is 12.4 Å². The van der Waals surface area contributed by atoms with E-state index in [1.165, 1.54) is 11.1 Å². The summed E-state index contributed by atoms with van der Waals surface area (Å²) in [6.07, 6.45) is 5.87. The predicted octanol–water partition coefficient (Wildman–Crippen LogP) is 2.48. The van der Waals surface area contributed by atoms with Crippen LogP contribution in [0.1, 0.15) is 36.9 Å². The summed E-state index contributed by atoms with van der Waals surface area (Å²) in [5, 5.41) is 3.57. The normalized spacial score (nSPS) is 12.6. The zero-order chi connectivity index (χ0) is 13.9. The molecular weight excluding hydrogens is 240 g/mol. The molecule has 4 nitrogen and oxygen atoms in total. The highest BCUT2D eigenvalue weighted by Gasteiger charge is 2.12. The molecular formula is C15H26N2O2. The van der Waals surface area contributed by atoms with E-state index in [4.69, 9.17) is 9.47 Å². The van der Waals surface area contributed by atoms with Gasteiger partial charge in [-0.25, -0.2) is 0 Å². The molecule has 1 heterocycles. The number of aryl methyl sites for hydroxylation is 1. The highest BCUT2D eigenvalue weighted by molar-refractivity contribution is 5.25. The van der Waals surface area contributed by atoms with Crippen molar-refractivity contribution < 1.29 is 9.47 Å². The number of ether oxygens (including phenoxy) is 2. The van der Waals surface area contributed by atoms with E-state index in [2.05, 4.69) is 30.2 Å². The second-order valence-electron chi connectivity index (χ2n) is 4.63. The summed E-state index contributed by atoms with van der Waals surface area (Å²) in [6, 6.07) is 2.37. The third-order valence-electron chi connectivity index (χ3n) is 3.08. The highest BCUT2D eigenvalue weighted by atomic mass is 16.5. The van der Waals surface area contributed by atoms with E-state index in [1.54, 1.807) is 7.11 Å². The summed E-state index contributed by atoms with van der Waals surface area (Å²) < 4.78 is 10.5. The maximum absolute atomic E-state index is 5.56. The van der Waals surface area contributed by atoms with Crippen LogP contribution in [-0.4, -0.2) is 38.5 Å².